The van der Waals surface area contributed by atoms with Crippen molar-refractivity contribution in [3.63, 3.8) is 0 Å². The van der Waals surface area contributed by atoms with E-state index in [4.69, 9.17) is 0 Å². The van der Waals surface area contributed by atoms with Crippen molar-refractivity contribution in [1.82, 2.24) is 14.5 Å². The van der Waals surface area contributed by atoms with Crippen molar-refractivity contribution >= 4 is 22.5 Å². The number of nitrogens with zero attached hydrogens (tertiary/aromatic N) is 4. The summed E-state index contributed by atoms with van der Waals surface area (Å²) in [6.45, 7) is 7.07. The van der Waals surface area contributed by atoms with E-state index < -0.39 is 5.69 Å². The Bertz CT molecular complexity index is 1400. The number of hydrogen-bond donors (Lipinski definition) is 0. The minimum Gasteiger partial charge on any atom is -0.368 e. The van der Waals surface area contributed by atoms with Gasteiger partial charge in [0.15, 0.2) is 0 Å². The van der Waals surface area contributed by atoms with E-state index in [-0.39, 0.29) is 12.5 Å². The van der Waals surface area contributed by atoms with Crippen LogP contribution >= 0.6 is 0 Å². The summed E-state index contributed by atoms with van der Waals surface area (Å²) in [5.74, 6) is -0.0536. The Balaban J connectivity index is 1.37. The van der Waals surface area contributed by atoms with Gasteiger partial charge in [-0.15, -0.1) is 0 Å². The van der Waals surface area contributed by atoms with Crippen LogP contribution in [0.1, 0.15) is 11.1 Å². The van der Waals surface area contributed by atoms with Crippen molar-refractivity contribution in [3.05, 3.63) is 94.4 Å². The van der Waals surface area contributed by atoms with Gasteiger partial charge in [0, 0.05) is 42.8 Å². The van der Waals surface area contributed by atoms with Gasteiger partial charge in [-0.3, -0.25) is 9.36 Å². The summed E-state index contributed by atoms with van der Waals surface area (Å²) in [6, 6.07) is 23.7. The highest BCUT2D eigenvalue weighted by Gasteiger charge is 2.23. The number of aromatic nitrogens is 2. The summed E-state index contributed by atoms with van der Waals surface area (Å²) in [5.41, 5.74) is 5.64. The molecule has 2 heterocycles. The van der Waals surface area contributed by atoms with Gasteiger partial charge in [-0.05, 0) is 37.1 Å². The summed E-state index contributed by atoms with van der Waals surface area (Å²) in [6.07, 6.45) is 0. The van der Waals surface area contributed by atoms with E-state index in [2.05, 4.69) is 41.9 Å². The Labute approximate surface area is 199 Å². The van der Waals surface area contributed by atoms with Crippen LogP contribution in [0.2, 0.25) is 0 Å². The maximum atomic E-state index is 13.2. The molecule has 1 aliphatic rings. The molecule has 0 atom stereocenters. The minimum absolute atomic E-state index is 0.00904. The van der Waals surface area contributed by atoms with E-state index >= 15 is 0 Å². The Hall–Kier alpha value is -3.93. The highest BCUT2D eigenvalue weighted by atomic mass is 16.2. The molecule has 0 bridgehead atoms. The maximum absolute atomic E-state index is 13.2. The molecule has 0 radical (unpaired) electrons. The van der Waals surface area contributed by atoms with E-state index in [1.54, 1.807) is 0 Å². The molecule has 1 amide bonds. The quantitative estimate of drug-likeness (QED) is 0.469. The number of rotatable bonds is 4. The average molecular weight is 453 g/mol. The fourth-order valence-corrected chi connectivity index (χ4v) is 4.71. The first kappa shape index (κ1) is 21.9. The first-order chi connectivity index (χ1) is 16.5. The van der Waals surface area contributed by atoms with Crippen molar-refractivity contribution in [3.8, 4) is 11.3 Å². The zero-order chi connectivity index (χ0) is 23.7. The molecule has 0 spiro atoms. The number of aryl methyl sites for hydroxylation is 1. The van der Waals surface area contributed by atoms with Gasteiger partial charge >= 0.3 is 5.69 Å². The van der Waals surface area contributed by atoms with Crippen LogP contribution in [-0.2, 0) is 11.3 Å². The van der Waals surface area contributed by atoms with Crippen LogP contribution in [0.5, 0.6) is 0 Å². The molecule has 6 heteroatoms. The zero-order valence-electron chi connectivity index (χ0n) is 19.6. The van der Waals surface area contributed by atoms with Crippen LogP contribution in [0, 0.1) is 13.8 Å². The number of piperazine rings is 1. The maximum Gasteiger partial charge on any atom is 0.349 e. The predicted molar refractivity (Wildman–Crippen MR) is 136 cm³/mol. The van der Waals surface area contributed by atoms with Gasteiger partial charge in [0.2, 0.25) is 5.91 Å². The van der Waals surface area contributed by atoms with E-state index in [0.717, 1.165) is 29.6 Å². The summed E-state index contributed by atoms with van der Waals surface area (Å²) < 4.78 is 1.50. The predicted octanol–water partition coefficient (Wildman–Crippen LogP) is 4.03. The molecule has 1 saturated heterocycles. The summed E-state index contributed by atoms with van der Waals surface area (Å²) in [4.78, 5) is 34.8. The zero-order valence-corrected chi connectivity index (χ0v) is 19.6. The molecule has 172 valence electrons. The molecular weight excluding hydrogens is 424 g/mol. The minimum atomic E-state index is -0.403. The first-order valence-electron chi connectivity index (χ1n) is 11.7. The topological polar surface area (TPSA) is 58.4 Å². The Morgan fingerprint density at radius 2 is 1.56 bits per heavy atom. The van der Waals surface area contributed by atoms with E-state index in [1.165, 1.54) is 21.4 Å². The molecule has 1 aromatic heterocycles. The largest absolute Gasteiger partial charge is 0.368 e. The normalized spacial score (nSPS) is 13.9. The number of hydrogen-bond acceptors (Lipinski definition) is 4. The average Bonchev–Trinajstić information content (AvgIpc) is 2.88. The van der Waals surface area contributed by atoms with E-state index in [9.17, 15) is 9.59 Å². The van der Waals surface area contributed by atoms with Crippen molar-refractivity contribution < 1.29 is 4.79 Å². The number of anilines is 1. The molecule has 1 aliphatic heterocycles. The first-order valence-corrected chi connectivity index (χ1v) is 11.7. The van der Waals surface area contributed by atoms with Crippen LogP contribution in [-0.4, -0.2) is 46.5 Å². The third-order valence-electron chi connectivity index (χ3n) is 6.78. The lowest BCUT2D eigenvalue weighted by Gasteiger charge is -2.37. The molecule has 0 aliphatic carbocycles. The van der Waals surface area contributed by atoms with Gasteiger partial charge in [-0.1, -0.05) is 60.7 Å². The van der Waals surface area contributed by atoms with Crippen LogP contribution in [0.3, 0.4) is 0 Å². The number of carbonyl (C=O) groups excluding carboxylic acids is 1. The standard InChI is InChI=1S/C28H28N4O2/c1-20-9-8-14-24(21(20)2)30-15-17-31(18-16-30)26(33)19-32-25-13-7-6-12-23(25)27(29-28(32)34)22-10-4-3-5-11-22/h3-14H,15-19H2,1-2H3. The lowest BCUT2D eigenvalue weighted by atomic mass is 10.1. The fourth-order valence-electron chi connectivity index (χ4n) is 4.71. The Morgan fingerprint density at radius 3 is 2.32 bits per heavy atom. The molecule has 0 saturated carbocycles. The number of amides is 1. The highest BCUT2D eigenvalue weighted by molar-refractivity contribution is 5.93. The van der Waals surface area contributed by atoms with Gasteiger partial charge in [0.05, 0.1) is 11.2 Å². The molecule has 5 rings (SSSR count). The second-order valence-electron chi connectivity index (χ2n) is 8.80. The van der Waals surface area contributed by atoms with Crippen molar-refractivity contribution in [2.24, 2.45) is 0 Å². The van der Waals surface area contributed by atoms with Crippen LogP contribution in [0.15, 0.2) is 77.6 Å². The molecule has 1 fully saturated rings. The lowest BCUT2D eigenvalue weighted by Crippen LogP contribution is -2.50. The highest BCUT2D eigenvalue weighted by Crippen LogP contribution is 2.26. The van der Waals surface area contributed by atoms with Gasteiger partial charge < -0.3 is 9.80 Å². The Kier molecular flexibility index (Phi) is 5.88. The van der Waals surface area contributed by atoms with Crippen molar-refractivity contribution in [1.29, 1.82) is 0 Å². The molecule has 4 aromatic rings. The molecule has 6 nitrogen and oxygen atoms in total. The SMILES string of the molecule is Cc1cccc(N2CCN(C(=O)Cn3c(=O)nc(-c4ccccc4)c4ccccc43)CC2)c1C. The molecule has 0 unspecified atom stereocenters. The third-order valence-corrected chi connectivity index (χ3v) is 6.78. The summed E-state index contributed by atoms with van der Waals surface area (Å²) in [5, 5.41) is 0.862. The van der Waals surface area contributed by atoms with Gasteiger partial charge in [0.25, 0.3) is 0 Å². The summed E-state index contributed by atoms with van der Waals surface area (Å²) in [7, 11) is 0. The van der Waals surface area contributed by atoms with Crippen LogP contribution < -0.4 is 10.6 Å². The number of fused-ring (bicyclic) bond motifs is 1. The number of carbonyl (C=O) groups is 1. The Morgan fingerprint density at radius 1 is 0.853 bits per heavy atom. The smallest absolute Gasteiger partial charge is 0.349 e. The molecule has 34 heavy (non-hydrogen) atoms. The fraction of sp³-hybridized carbons (Fsp3) is 0.250. The monoisotopic (exact) mass is 452 g/mol. The summed E-state index contributed by atoms with van der Waals surface area (Å²) >= 11 is 0. The van der Waals surface area contributed by atoms with Crippen molar-refractivity contribution in [2.45, 2.75) is 20.4 Å². The van der Waals surface area contributed by atoms with E-state index in [1.807, 2.05) is 59.5 Å². The van der Waals surface area contributed by atoms with Gasteiger partial charge in [-0.2, -0.15) is 4.98 Å². The number of para-hydroxylation sites is 1. The molecule has 0 N–H and O–H groups in total. The third kappa shape index (κ3) is 4.07. The lowest BCUT2D eigenvalue weighted by molar-refractivity contribution is -0.132. The van der Waals surface area contributed by atoms with Gasteiger partial charge in [0.1, 0.15) is 6.54 Å². The van der Waals surface area contributed by atoms with Crippen molar-refractivity contribution in [2.75, 3.05) is 31.1 Å². The van der Waals surface area contributed by atoms with Gasteiger partial charge in [-0.25, -0.2) is 4.79 Å². The number of benzene rings is 3. The second kappa shape index (κ2) is 9.14. The molecule has 3 aromatic carbocycles. The molecular formula is C28H28N4O2. The van der Waals surface area contributed by atoms with Crippen LogP contribution in [0.25, 0.3) is 22.2 Å². The second-order valence-corrected chi connectivity index (χ2v) is 8.80. The van der Waals surface area contributed by atoms with Crippen LogP contribution in [0.4, 0.5) is 5.69 Å². The van der Waals surface area contributed by atoms with E-state index in [0.29, 0.717) is 18.8 Å².